The van der Waals surface area contributed by atoms with E-state index >= 15 is 0 Å². The van der Waals surface area contributed by atoms with Gasteiger partial charge in [0.1, 0.15) is 23.5 Å². The van der Waals surface area contributed by atoms with Gasteiger partial charge in [-0.25, -0.2) is 14.6 Å². The fourth-order valence-corrected chi connectivity index (χ4v) is 1.85. The average Bonchev–Trinajstić information content (AvgIpc) is 2.95. The zero-order chi connectivity index (χ0) is 12.7. The van der Waals surface area contributed by atoms with Crippen LogP contribution in [0.15, 0.2) is 12.5 Å². The van der Waals surface area contributed by atoms with Crippen LogP contribution in [0.4, 0.5) is 5.82 Å². The predicted molar refractivity (Wildman–Crippen MR) is 65.5 cm³/mol. The minimum Gasteiger partial charge on any atom is -0.383 e. The molecule has 3 aromatic rings. The second-order valence-electron chi connectivity index (χ2n) is 4.20. The number of hydrogen-bond donors (Lipinski definition) is 2. The Labute approximate surface area is 102 Å². The van der Waals surface area contributed by atoms with Crippen LogP contribution in [0.2, 0.25) is 0 Å². The summed E-state index contributed by atoms with van der Waals surface area (Å²) in [6, 6.07) is 0.169. The topological polar surface area (TPSA) is 111 Å². The molecule has 0 fully saturated rings. The number of aromatic nitrogens is 7. The zero-order valence-electron chi connectivity index (χ0n) is 9.99. The second kappa shape index (κ2) is 3.76. The third-order valence-corrected chi connectivity index (χ3v) is 2.67. The molecule has 0 bridgehead atoms. The highest BCUT2D eigenvalue weighted by Gasteiger charge is 2.19. The summed E-state index contributed by atoms with van der Waals surface area (Å²) in [5.74, 6) is 0.393. The smallest absolute Gasteiger partial charge is 0.164 e. The lowest BCUT2D eigenvalue weighted by Gasteiger charge is -2.05. The Hall–Kier alpha value is -2.51. The third-order valence-electron chi connectivity index (χ3n) is 2.67. The monoisotopic (exact) mass is 244 g/mol. The van der Waals surface area contributed by atoms with Gasteiger partial charge in [0, 0.05) is 6.04 Å². The van der Waals surface area contributed by atoms with Crippen molar-refractivity contribution in [1.82, 2.24) is 35.2 Å². The standard InChI is InChI=1S/C10H12N8/c1-5(2)18-10-7(9(11)12-4-13-10)8(16-18)6-3-14-17-15-6/h3-5H,1-2H3,(H2,11,12,13)(H,14,15,17). The maximum atomic E-state index is 5.91. The number of hydrogen-bond acceptors (Lipinski definition) is 6. The Bertz CT molecular complexity index is 681. The summed E-state index contributed by atoms with van der Waals surface area (Å²) in [5, 5.41) is 15.5. The first-order valence-corrected chi connectivity index (χ1v) is 5.54. The minimum atomic E-state index is 0.169. The van der Waals surface area contributed by atoms with Crippen molar-refractivity contribution in [3.05, 3.63) is 12.5 Å². The molecule has 0 aromatic carbocycles. The van der Waals surface area contributed by atoms with Gasteiger partial charge in [0.05, 0.1) is 11.6 Å². The summed E-state index contributed by atoms with van der Waals surface area (Å²) >= 11 is 0. The van der Waals surface area contributed by atoms with E-state index in [-0.39, 0.29) is 6.04 Å². The fourth-order valence-electron chi connectivity index (χ4n) is 1.85. The Balaban J connectivity index is 2.39. The molecule has 0 radical (unpaired) electrons. The van der Waals surface area contributed by atoms with Crippen molar-refractivity contribution in [3.63, 3.8) is 0 Å². The van der Waals surface area contributed by atoms with E-state index in [0.29, 0.717) is 28.2 Å². The Morgan fingerprint density at radius 1 is 1.33 bits per heavy atom. The molecule has 3 rings (SSSR count). The predicted octanol–water partition coefficient (Wildman–Crippen LogP) is 0.774. The van der Waals surface area contributed by atoms with E-state index in [1.807, 2.05) is 13.8 Å². The van der Waals surface area contributed by atoms with Crippen LogP contribution < -0.4 is 5.73 Å². The molecule has 0 aliphatic heterocycles. The normalized spacial score (nSPS) is 11.5. The van der Waals surface area contributed by atoms with Crippen molar-refractivity contribution >= 4 is 16.9 Å². The molecule has 3 N–H and O–H groups in total. The highest BCUT2D eigenvalue weighted by Crippen LogP contribution is 2.29. The molecule has 0 atom stereocenters. The molecule has 0 spiro atoms. The van der Waals surface area contributed by atoms with E-state index in [2.05, 4.69) is 30.5 Å². The summed E-state index contributed by atoms with van der Waals surface area (Å²) in [7, 11) is 0. The van der Waals surface area contributed by atoms with Crippen LogP contribution in [0.1, 0.15) is 19.9 Å². The molecule has 0 saturated heterocycles. The summed E-state index contributed by atoms with van der Waals surface area (Å²) in [6.45, 7) is 4.05. The molecule has 0 amide bonds. The largest absolute Gasteiger partial charge is 0.383 e. The van der Waals surface area contributed by atoms with Gasteiger partial charge in [0.15, 0.2) is 5.65 Å². The summed E-state index contributed by atoms with van der Waals surface area (Å²) in [4.78, 5) is 8.25. The molecule has 8 nitrogen and oxygen atoms in total. The maximum absolute atomic E-state index is 5.91. The van der Waals surface area contributed by atoms with E-state index in [1.54, 1.807) is 10.9 Å². The summed E-state index contributed by atoms with van der Waals surface area (Å²) in [5.41, 5.74) is 7.89. The molecule has 0 aliphatic carbocycles. The van der Waals surface area contributed by atoms with Crippen molar-refractivity contribution < 1.29 is 0 Å². The van der Waals surface area contributed by atoms with Crippen LogP contribution in [-0.2, 0) is 0 Å². The Morgan fingerprint density at radius 3 is 2.83 bits per heavy atom. The number of aromatic amines is 1. The van der Waals surface area contributed by atoms with Crippen molar-refractivity contribution in [2.45, 2.75) is 19.9 Å². The minimum absolute atomic E-state index is 0.169. The van der Waals surface area contributed by atoms with E-state index < -0.39 is 0 Å². The van der Waals surface area contributed by atoms with E-state index in [9.17, 15) is 0 Å². The van der Waals surface area contributed by atoms with Crippen LogP contribution in [0.25, 0.3) is 22.4 Å². The fraction of sp³-hybridized carbons (Fsp3) is 0.300. The van der Waals surface area contributed by atoms with Crippen LogP contribution in [0.5, 0.6) is 0 Å². The quantitative estimate of drug-likeness (QED) is 0.688. The van der Waals surface area contributed by atoms with Crippen molar-refractivity contribution in [2.75, 3.05) is 5.73 Å². The number of nitrogens with one attached hydrogen (secondary N) is 1. The molecule has 0 aliphatic rings. The molecule has 18 heavy (non-hydrogen) atoms. The van der Waals surface area contributed by atoms with Gasteiger partial charge < -0.3 is 5.73 Å². The highest BCUT2D eigenvalue weighted by molar-refractivity contribution is 5.97. The molecule has 92 valence electrons. The van der Waals surface area contributed by atoms with Crippen LogP contribution >= 0.6 is 0 Å². The third kappa shape index (κ3) is 1.42. The van der Waals surface area contributed by atoms with Gasteiger partial charge in [-0.3, -0.25) is 5.10 Å². The second-order valence-corrected chi connectivity index (χ2v) is 4.20. The zero-order valence-corrected chi connectivity index (χ0v) is 9.99. The van der Waals surface area contributed by atoms with Gasteiger partial charge >= 0.3 is 0 Å². The Kier molecular flexibility index (Phi) is 2.22. The van der Waals surface area contributed by atoms with Gasteiger partial charge in [0.2, 0.25) is 0 Å². The molecule has 3 aromatic heterocycles. The van der Waals surface area contributed by atoms with Crippen LogP contribution in [0.3, 0.4) is 0 Å². The van der Waals surface area contributed by atoms with E-state index in [1.165, 1.54) is 6.33 Å². The summed E-state index contributed by atoms with van der Waals surface area (Å²) in [6.07, 6.45) is 3.10. The molecular weight excluding hydrogens is 232 g/mol. The highest BCUT2D eigenvalue weighted by atomic mass is 15.4. The van der Waals surface area contributed by atoms with Crippen molar-refractivity contribution in [2.24, 2.45) is 0 Å². The van der Waals surface area contributed by atoms with E-state index in [0.717, 1.165) is 0 Å². The SMILES string of the molecule is CC(C)n1nc(-c2c[nH]nn2)c2c(N)ncnc21. The van der Waals surface area contributed by atoms with Crippen LogP contribution in [0, 0.1) is 0 Å². The number of fused-ring (bicyclic) bond motifs is 1. The van der Waals surface area contributed by atoms with Gasteiger partial charge in [-0.05, 0) is 13.8 Å². The van der Waals surface area contributed by atoms with Crippen LogP contribution in [-0.4, -0.2) is 35.2 Å². The Morgan fingerprint density at radius 2 is 2.17 bits per heavy atom. The number of rotatable bonds is 2. The molecular formula is C10H12N8. The average molecular weight is 244 g/mol. The lowest BCUT2D eigenvalue weighted by atomic mass is 10.2. The van der Waals surface area contributed by atoms with Gasteiger partial charge in [0.25, 0.3) is 0 Å². The molecule has 0 saturated carbocycles. The number of H-pyrrole nitrogens is 1. The first kappa shape index (κ1) is 10.6. The van der Waals surface area contributed by atoms with Crippen molar-refractivity contribution in [3.8, 4) is 11.4 Å². The lowest BCUT2D eigenvalue weighted by molar-refractivity contribution is 0.547. The number of nitrogens with zero attached hydrogens (tertiary/aromatic N) is 6. The van der Waals surface area contributed by atoms with Crippen molar-refractivity contribution in [1.29, 1.82) is 0 Å². The number of anilines is 1. The van der Waals surface area contributed by atoms with Gasteiger partial charge in [-0.1, -0.05) is 5.21 Å². The lowest BCUT2D eigenvalue weighted by Crippen LogP contribution is -2.04. The number of nitrogens with two attached hydrogens (primary N) is 1. The van der Waals surface area contributed by atoms with Gasteiger partial charge in [-0.2, -0.15) is 5.10 Å². The molecule has 3 heterocycles. The summed E-state index contributed by atoms with van der Waals surface area (Å²) < 4.78 is 1.80. The molecule has 0 unspecified atom stereocenters. The number of nitrogen functional groups attached to an aromatic ring is 1. The first-order valence-electron chi connectivity index (χ1n) is 5.54. The first-order chi connectivity index (χ1) is 8.68. The maximum Gasteiger partial charge on any atom is 0.164 e. The van der Waals surface area contributed by atoms with E-state index in [4.69, 9.17) is 5.73 Å². The van der Waals surface area contributed by atoms with Gasteiger partial charge in [-0.15, -0.1) is 5.10 Å². The molecule has 8 heteroatoms.